The standard InChI is InChI=1S/C16H19N5O/c1-3-21-15(12(2)17)18-19-16(21)22-14-8-6-13(7-9-14)20-10-4-5-11-20/h4-12H,3,17H2,1-2H3/t12-/m1/s1. The van der Waals surface area contributed by atoms with Gasteiger partial charge < -0.3 is 15.0 Å². The van der Waals surface area contributed by atoms with Crippen LogP contribution in [0.25, 0.3) is 5.69 Å². The number of ether oxygens (including phenoxy) is 1. The summed E-state index contributed by atoms with van der Waals surface area (Å²) in [5.74, 6) is 1.44. The fourth-order valence-electron chi connectivity index (χ4n) is 2.31. The molecule has 0 aliphatic carbocycles. The smallest absolute Gasteiger partial charge is 0.322 e. The van der Waals surface area contributed by atoms with Crippen molar-refractivity contribution in [2.24, 2.45) is 5.73 Å². The topological polar surface area (TPSA) is 70.9 Å². The van der Waals surface area contributed by atoms with Crippen LogP contribution in [0.15, 0.2) is 48.8 Å². The van der Waals surface area contributed by atoms with E-state index in [1.54, 1.807) is 0 Å². The van der Waals surface area contributed by atoms with Crippen LogP contribution in [0.4, 0.5) is 0 Å². The first-order valence-corrected chi connectivity index (χ1v) is 7.29. The van der Waals surface area contributed by atoms with E-state index in [1.807, 2.05) is 71.8 Å². The summed E-state index contributed by atoms with van der Waals surface area (Å²) in [4.78, 5) is 0. The first-order chi connectivity index (χ1) is 10.7. The molecule has 3 aromatic rings. The summed E-state index contributed by atoms with van der Waals surface area (Å²) in [6.45, 7) is 4.60. The molecule has 3 rings (SSSR count). The summed E-state index contributed by atoms with van der Waals surface area (Å²) in [5.41, 5.74) is 6.96. The summed E-state index contributed by atoms with van der Waals surface area (Å²) >= 11 is 0. The molecule has 0 spiro atoms. The molecule has 0 aliphatic heterocycles. The molecule has 114 valence electrons. The van der Waals surface area contributed by atoms with Crippen LogP contribution in [-0.2, 0) is 6.54 Å². The number of hydrogen-bond acceptors (Lipinski definition) is 4. The number of benzene rings is 1. The molecule has 0 unspecified atom stereocenters. The Bertz CT molecular complexity index is 728. The van der Waals surface area contributed by atoms with E-state index >= 15 is 0 Å². The van der Waals surface area contributed by atoms with Crippen LogP contribution < -0.4 is 10.5 Å². The van der Waals surface area contributed by atoms with Gasteiger partial charge in [0.1, 0.15) is 5.75 Å². The van der Waals surface area contributed by atoms with Gasteiger partial charge >= 0.3 is 6.01 Å². The molecule has 0 saturated heterocycles. The van der Waals surface area contributed by atoms with E-state index in [9.17, 15) is 0 Å². The molecular formula is C16H19N5O. The molecule has 1 atom stereocenters. The molecule has 0 aliphatic rings. The van der Waals surface area contributed by atoms with Gasteiger partial charge in [0.15, 0.2) is 5.82 Å². The van der Waals surface area contributed by atoms with Crippen molar-refractivity contribution in [2.45, 2.75) is 26.4 Å². The van der Waals surface area contributed by atoms with Crippen LogP contribution in [-0.4, -0.2) is 19.3 Å². The summed E-state index contributed by atoms with van der Waals surface area (Å²) in [5, 5.41) is 8.18. The minimum Gasteiger partial charge on any atom is -0.424 e. The number of nitrogens with zero attached hydrogens (tertiary/aromatic N) is 4. The van der Waals surface area contributed by atoms with Crippen molar-refractivity contribution in [1.82, 2.24) is 19.3 Å². The summed E-state index contributed by atoms with van der Waals surface area (Å²) in [6, 6.07) is 12.1. The van der Waals surface area contributed by atoms with E-state index in [1.165, 1.54) is 0 Å². The molecule has 0 fully saturated rings. The third kappa shape index (κ3) is 2.73. The van der Waals surface area contributed by atoms with Gasteiger partial charge in [-0.1, -0.05) is 5.10 Å². The highest BCUT2D eigenvalue weighted by molar-refractivity contribution is 5.38. The van der Waals surface area contributed by atoms with E-state index in [4.69, 9.17) is 10.5 Å². The van der Waals surface area contributed by atoms with Crippen LogP contribution in [0.5, 0.6) is 11.8 Å². The van der Waals surface area contributed by atoms with Gasteiger partial charge in [-0.2, -0.15) is 0 Å². The Morgan fingerprint density at radius 2 is 1.82 bits per heavy atom. The lowest BCUT2D eigenvalue weighted by Crippen LogP contribution is -2.13. The second-order valence-corrected chi connectivity index (χ2v) is 5.06. The second-order valence-electron chi connectivity index (χ2n) is 5.06. The summed E-state index contributed by atoms with van der Waals surface area (Å²) in [7, 11) is 0. The molecule has 6 heteroatoms. The molecule has 0 amide bonds. The van der Waals surface area contributed by atoms with Gasteiger partial charge in [-0.3, -0.25) is 4.57 Å². The zero-order valence-electron chi connectivity index (χ0n) is 12.7. The SMILES string of the molecule is CCn1c(Oc2ccc(-n3cccc3)cc2)nnc1[C@@H](C)N. The van der Waals surface area contributed by atoms with Gasteiger partial charge in [-0.15, -0.1) is 5.10 Å². The quantitative estimate of drug-likeness (QED) is 0.786. The van der Waals surface area contributed by atoms with E-state index < -0.39 is 0 Å². The molecule has 0 bridgehead atoms. The van der Waals surface area contributed by atoms with Gasteiger partial charge in [0.2, 0.25) is 0 Å². The number of nitrogens with two attached hydrogens (primary N) is 1. The molecular weight excluding hydrogens is 278 g/mol. The van der Waals surface area contributed by atoms with Gasteiger partial charge in [-0.05, 0) is 50.2 Å². The lowest BCUT2D eigenvalue weighted by atomic mass is 10.3. The van der Waals surface area contributed by atoms with Crippen molar-refractivity contribution >= 4 is 0 Å². The third-order valence-corrected chi connectivity index (χ3v) is 3.42. The minimum atomic E-state index is -0.180. The Morgan fingerprint density at radius 1 is 1.14 bits per heavy atom. The molecule has 1 aromatic carbocycles. The van der Waals surface area contributed by atoms with E-state index in [-0.39, 0.29) is 6.04 Å². The van der Waals surface area contributed by atoms with E-state index in [0.29, 0.717) is 18.3 Å². The van der Waals surface area contributed by atoms with Crippen molar-refractivity contribution < 1.29 is 4.74 Å². The maximum Gasteiger partial charge on any atom is 0.322 e. The first-order valence-electron chi connectivity index (χ1n) is 7.29. The van der Waals surface area contributed by atoms with Gasteiger partial charge in [-0.25, -0.2) is 0 Å². The fourth-order valence-corrected chi connectivity index (χ4v) is 2.31. The highest BCUT2D eigenvalue weighted by atomic mass is 16.5. The minimum absolute atomic E-state index is 0.180. The summed E-state index contributed by atoms with van der Waals surface area (Å²) < 4.78 is 9.74. The highest BCUT2D eigenvalue weighted by Crippen LogP contribution is 2.23. The molecule has 2 N–H and O–H groups in total. The first kappa shape index (κ1) is 14.3. The monoisotopic (exact) mass is 297 g/mol. The third-order valence-electron chi connectivity index (χ3n) is 3.42. The molecule has 6 nitrogen and oxygen atoms in total. The predicted octanol–water partition coefficient (Wildman–Crippen LogP) is 2.90. The zero-order valence-corrected chi connectivity index (χ0v) is 12.7. The van der Waals surface area contributed by atoms with Crippen LogP contribution in [0.2, 0.25) is 0 Å². The van der Waals surface area contributed by atoms with Gasteiger partial charge in [0.05, 0.1) is 6.04 Å². The molecule has 2 aromatic heterocycles. The fraction of sp³-hybridized carbons (Fsp3) is 0.250. The van der Waals surface area contributed by atoms with Crippen LogP contribution in [0.3, 0.4) is 0 Å². The molecule has 2 heterocycles. The highest BCUT2D eigenvalue weighted by Gasteiger charge is 2.15. The molecule has 0 saturated carbocycles. The normalized spacial score (nSPS) is 12.3. The maximum absolute atomic E-state index is 5.89. The van der Waals surface area contributed by atoms with Crippen molar-refractivity contribution in [2.75, 3.05) is 0 Å². The van der Waals surface area contributed by atoms with Gasteiger partial charge in [0, 0.05) is 24.6 Å². The Balaban J connectivity index is 1.82. The number of aromatic nitrogens is 4. The summed E-state index contributed by atoms with van der Waals surface area (Å²) in [6.07, 6.45) is 4.00. The average Bonchev–Trinajstić information content (AvgIpc) is 3.17. The van der Waals surface area contributed by atoms with Crippen molar-refractivity contribution in [3.8, 4) is 17.4 Å². The Labute approximate surface area is 129 Å². The van der Waals surface area contributed by atoms with Crippen molar-refractivity contribution in [3.63, 3.8) is 0 Å². The van der Waals surface area contributed by atoms with E-state index in [2.05, 4.69) is 10.2 Å². The predicted molar refractivity (Wildman–Crippen MR) is 84.1 cm³/mol. The Hall–Kier alpha value is -2.60. The van der Waals surface area contributed by atoms with Crippen LogP contribution >= 0.6 is 0 Å². The second kappa shape index (κ2) is 6.03. The number of rotatable bonds is 5. The van der Waals surface area contributed by atoms with Crippen LogP contribution in [0, 0.1) is 0 Å². The zero-order chi connectivity index (χ0) is 15.5. The van der Waals surface area contributed by atoms with E-state index in [0.717, 1.165) is 11.5 Å². The lowest BCUT2D eigenvalue weighted by Gasteiger charge is -2.10. The molecule has 22 heavy (non-hydrogen) atoms. The van der Waals surface area contributed by atoms with Crippen molar-refractivity contribution in [1.29, 1.82) is 0 Å². The van der Waals surface area contributed by atoms with Gasteiger partial charge in [0.25, 0.3) is 0 Å². The average molecular weight is 297 g/mol. The van der Waals surface area contributed by atoms with Crippen molar-refractivity contribution in [3.05, 3.63) is 54.6 Å². The Morgan fingerprint density at radius 3 is 2.41 bits per heavy atom. The lowest BCUT2D eigenvalue weighted by molar-refractivity contribution is 0.409. The Kier molecular flexibility index (Phi) is 3.93. The largest absolute Gasteiger partial charge is 0.424 e. The molecule has 0 radical (unpaired) electrons. The van der Waals surface area contributed by atoms with Crippen LogP contribution in [0.1, 0.15) is 25.7 Å². The maximum atomic E-state index is 5.89. The number of hydrogen-bond donors (Lipinski definition) is 1.